The Hall–Kier alpha value is -2.86. The number of hydrogen-bond acceptors (Lipinski definition) is 2. The van der Waals surface area contributed by atoms with Crippen molar-refractivity contribution in [3.05, 3.63) is 140 Å². The van der Waals surface area contributed by atoms with Gasteiger partial charge in [0.05, 0.1) is 0 Å². The maximum atomic E-state index is 4.21. The maximum absolute atomic E-state index is 4.21. The molecule has 1 unspecified atom stereocenters. The zero-order valence-electron chi connectivity index (χ0n) is 28.7. The van der Waals surface area contributed by atoms with E-state index < -0.39 is 15.8 Å². The van der Waals surface area contributed by atoms with Crippen LogP contribution in [0.1, 0.15) is 63.8 Å². The van der Waals surface area contributed by atoms with E-state index in [1.54, 1.807) is 21.8 Å². The van der Waals surface area contributed by atoms with Gasteiger partial charge in [0.15, 0.2) is 0 Å². The van der Waals surface area contributed by atoms with Crippen molar-refractivity contribution in [2.24, 2.45) is 5.41 Å². The van der Waals surface area contributed by atoms with E-state index in [-0.39, 0.29) is 5.41 Å². The Labute approximate surface area is 288 Å². The molecule has 3 bridgehead atoms. The van der Waals surface area contributed by atoms with Gasteiger partial charge in [-0.1, -0.05) is 126 Å². The van der Waals surface area contributed by atoms with Crippen LogP contribution in [0.2, 0.25) is 0 Å². The fourth-order valence-corrected chi connectivity index (χ4v) is 16.6. The van der Waals surface area contributed by atoms with E-state index >= 15 is 0 Å². The second-order valence-corrected chi connectivity index (χ2v) is 20.6. The predicted octanol–water partition coefficient (Wildman–Crippen LogP) is 9.12. The van der Waals surface area contributed by atoms with Crippen LogP contribution in [-0.2, 0) is 0 Å². The van der Waals surface area contributed by atoms with Gasteiger partial charge < -0.3 is 5.32 Å². The van der Waals surface area contributed by atoms with E-state index in [0.29, 0.717) is 11.6 Å². The smallest absolute Gasteiger partial charge is 0.0356 e. The van der Waals surface area contributed by atoms with Crippen LogP contribution in [-0.4, -0.2) is 11.6 Å². The van der Waals surface area contributed by atoms with Gasteiger partial charge in [0, 0.05) is 32.2 Å². The molecular weight excluding hydrogens is 624 g/mol. The highest BCUT2D eigenvalue weighted by Gasteiger charge is 2.65. The molecule has 3 aliphatic carbocycles. The highest BCUT2D eigenvalue weighted by molar-refractivity contribution is 7.80. The zero-order chi connectivity index (χ0) is 32.7. The van der Waals surface area contributed by atoms with Gasteiger partial charge in [-0.2, -0.15) is 0 Å². The minimum absolute atomic E-state index is 0.150. The zero-order valence-corrected chi connectivity index (χ0v) is 31.3. The first-order valence-corrected chi connectivity index (χ1v) is 20.5. The third-order valence-electron chi connectivity index (χ3n) is 10.6. The van der Waals surface area contributed by atoms with Gasteiger partial charge in [-0.15, -0.1) is 11.3 Å². The topological polar surface area (TPSA) is 12.0 Å². The largest absolute Gasteiger partial charge is 0.304 e. The third-order valence-corrected chi connectivity index (χ3v) is 17.0. The van der Waals surface area contributed by atoms with Crippen molar-refractivity contribution in [3.8, 4) is 0 Å². The molecule has 2 aliphatic heterocycles. The molecule has 0 radical (unpaired) electrons. The van der Waals surface area contributed by atoms with Crippen molar-refractivity contribution in [1.29, 1.82) is 0 Å². The first-order valence-electron chi connectivity index (χ1n) is 17.0. The quantitative estimate of drug-likeness (QED) is 0.171. The van der Waals surface area contributed by atoms with Crippen LogP contribution >= 0.6 is 27.2 Å². The molecule has 4 heteroatoms. The fourth-order valence-electron chi connectivity index (χ4n) is 9.33. The molecule has 1 N–H and O–H groups in total. The summed E-state index contributed by atoms with van der Waals surface area (Å²) in [6, 6.07) is 37.9. The Bertz CT molecular complexity index is 1890. The summed E-state index contributed by atoms with van der Waals surface area (Å²) in [5.74, 6) is 0. The van der Waals surface area contributed by atoms with Crippen molar-refractivity contribution in [3.63, 3.8) is 0 Å². The number of rotatable bonds is 7. The summed E-state index contributed by atoms with van der Waals surface area (Å²) in [6.45, 7) is 16.5. The summed E-state index contributed by atoms with van der Waals surface area (Å²) >= 11 is 2.04. The molecule has 1 atom stereocenters. The number of benzene rings is 4. The number of hydrogen-bond donors (Lipinski definition) is 1. The molecule has 3 heterocycles. The molecule has 1 saturated carbocycles. The second-order valence-electron chi connectivity index (χ2n) is 14.8. The molecule has 5 aromatic rings. The van der Waals surface area contributed by atoms with Crippen LogP contribution in [0.25, 0.3) is 5.57 Å². The van der Waals surface area contributed by atoms with Crippen LogP contribution in [0.15, 0.2) is 102 Å². The summed E-state index contributed by atoms with van der Waals surface area (Å²) in [6.07, 6.45) is 3.74. The average Bonchev–Trinajstić information content (AvgIpc) is 3.06. The number of aryl methyl sites for hydroxylation is 6. The second kappa shape index (κ2) is 11.6. The summed E-state index contributed by atoms with van der Waals surface area (Å²) in [5.41, 5.74) is 9.14. The van der Waals surface area contributed by atoms with E-state index in [4.69, 9.17) is 0 Å². The summed E-state index contributed by atoms with van der Waals surface area (Å²) in [4.78, 5) is 2.98. The SMILES string of the molecule is Cc1cc(C)cc(P(c2cc(C)cc(C)c2)c2c(C)sc(C)c2C2=C(P(c3ccccc3)c3ccccc3)C3CC4(CC2(C)C4)N3)c1. The number of thiophene rings is 1. The molecular formula is C43H45NP2S. The minimum Gasteiger partial charge on any atom is -0.304 e. The highest BCUT2D eigenvalue weighted by Crippen LogP contribution is 2.70. The monoisotopic (exact) mass is 669 g/mol. The normalized spacial score (nSPS) is 23.1. The van der Waals surface area contributed by atoms with Crippen LogP contribution in [0, 0.1) is 47.0 Å². The van der Waals surface area contributed by atoms with Crippen LogP contribution < -0.4 is 31.8 Å². The van der Waals surface area contributed by atoms with Crippen LogP contribution in [0.4, 0.5) is 0 Å². The predicted molar refractivity (Wildman–Crippen MR) is 209 cm³/mol. The third kappa shape index (κ3) is 5.32. The van der Waals surface area contributed by atoms with E-state index in [0.717, 1.165) is 0 Å². The Morgan fingerprint density at radius 1 is 0.617 bits per heavy atom. The molecule has 1 saturated heterocycles. The molecule has 238 valence electrons. The minimum atomic E-state index is -0.775. The van der Waals surface area contributed by atoms with Crippen molar-refractivity contribution in [2.75, 3.05) is 0 Å². The van der Waals surface area contributed by atoms with E-state index in [1.807, 2.05) is 11.3 Å². The maximum Gasteiger partial charge on any atom is 0.0356 e. The average molecular weight is 670 g/mol. The summed E-state index contributed by atoms with van der Waals surface area (Å²) in [7, 11) is -1.50. The molecule has 10 rings (SSSR count). The van der Waals surface area contributed by atoms with Crippen molar-refractivity contribution in [2.45, 2.75) is 79.3 Å². The number of nitrogens with one attached hydrogen (secondary N) is 1. The van der Waals surface area contributed by atoms with E-state index in [9.17, 15) is 0 Å². The van der Waals surface area contributed by atoms with Gasteiger partial charge in [0.25, 0.3) is 0 Å². The first kappa shape index (κ1) is 31.4. The molecule has 0 amide bonds. The molecule has 1 aromatic heterocycles. The van der Waals surface area contributed by atoms with Crippen LogP contribution in [0.5, 0.6) is 0 Å². The van der Waals surface area contributed by atoms with Gasteiger partial charge in [0.2, 0.25) is 0 Å². The lowest BCUT2D eigenvalue weighted by atomic mass is 9.53. The van der Waals surface area contributed by atoms with Gasteiger partial charge in [0.1, 0.15) is 0 Å². The summed E-state index contributed by atoms with van der Waals surface area (Å²) in [5, 5.41) is 13.4. The Balaban J connectivity index is 1.46. The van der Waals surface area contributed by atoms with Crippen molar-refractivity contribution in [1.82, 2.24) is 5.32 Å². The van der Waals surface area contributed by atoms with Crippen molar-refractivity contribution < 1.29 is 0 Å². The van der Waals surface area contributed by atoms with Gasteiger partial charge in [-0.05, 0) is 114 Å². The molecule has 4 aromatic carbocycles. The Morgan fingerprint density at radius 2 is 1.09 bits per heavy atom. The lowest BCUT2D eigenvalue weighted by Gasteiger charge is -2.60. The Morgan fingerprint density at radius 3 is 1.55 bits per heavy atom. The first-order chi connectivity index (χ1) is 22.5. The molecule has 2 fully saturated rings. The lowest BCUT2D eigenvalue weighted by Crippen LogP contribution is -2.69. The molecule has 1 spiro atoms. The number of allylic oxidation sites excluding steroid dienone is 1. The summed E-state index contributed by atoms with van der Waals surface area (Å²) < 4.78 is 0. The fraction of sp³-hybridized carbons (Fsp3) is 0.302. The highest BCUT2D eigenvalue weighted by atomic mass is 32.1. The Kier molecular flexibility index (Phi) is 7.78. The van der Waals surface area contributed by atoms with Gasteiger partial charge in [-0.3, -0.25) is 0 Å². The molecule has 5 aliphatic rings. The standard InChI is InChI=1S/C43H45NP2S/c1-27-18-28(2)21-35(20-27)46(36-22-29(3)19-30(4)23-36)40-32(6)47-31(5)38(40)39-41(37-24-43(44-37)25-42(39,7)26-43)45(33-14-10-8-11-15-33)34-16-12-9-13-17-34/h8-23,37,44H,24-26H2,1-7H3. The van der Waals surface area contributed by atoms with Crippen LogP contribution in [0.3, 0.4) is 0 Å². The van der Waals surface area contributed by atoms with Crippen molar-refractivity contribution >= 4 is 59.3 Å². The van der Waals surface area contributed by atoms with Gasteiger partial charge >= 0.3 is 0 Å². The van der Waals surface area contributed by atoms with E-state index in [1.165, 1.54) is 72.5 Å². The van der Waals surface area contributed by atoms with E-state index in [2.05, 4.69) is 151 Å². The van der Waals surface area contributed by atoms with Gasteiger partial charge in [-0.25, -0.2) is 0 Å². The molecule has 1 nitrogen and oxygen atoms in total. The molecule has 47 heavy (non-hydrogen) atoms. The lowest BCUT2D eigenvalue weighted by molar-refractivity contribution is -0.000575.